The monoisotopic (exact) mass is 984 g/mol. The Morgan fingerprint density at radius 3 is 2.50 bits per heavy atom. The molecule has 6 bridgehead atoms. The molecule has 72 heavy (non-hydrogen) atoms. The number of esters is 1. The van der Waals surface area contributed by atoms with E-state index in [-0.39, 0.29) is 55.0 Å². The van der Waals surface area contributed by atoms with Crippen molar-refractivity contribution in [1.29, 1.82) is 0 Å². The van der Waals surface area contributed by atoms with Crippen LogP contribution in [0.5, 0.6) is 0 Å². The predicted octanol–water partition coefficient (Wildman–Crippen LogP) is 6.99. The van der Waals surface area contributed by atoms with Gasteiger partial charge in [0.1, 0.15) is 12.1 Å². The Bertz CT molecular complexity index is 2680. The third kappa shape index (κ3) is 9.41. The molecule has 2 aromatic heterocycles. The number of fused-ring (bicyclic) bond motifs is 9. The second-order valence-corrected chi connectivity index (χ2v) is 22.9. The molecule has 2 N–H and O–H groups in total. The van der Waals surface area contributed by atoms with E-state index in [1.807, 2.05) is 6.20 Å². The van der Waals surface area contributed by atoms with E-state index in [4.69, 9.17) is 19.2 Å². The average Bonchev–Trinajstić information content (AvgIpc) is 4.11. The van der Waals surface area contributed by atoms with E-state index in [0.29, 0.717) is 51.4 Å². The Labute approximate surface area is 425 Å². The van der Waals surface area contributed by atoms with Crippen molar-refractivity contribution >= 4 is 40.1 Å². The fraction of sp³-hybridized carbons (Fsp3) is 0.614. The zero-order valence-corrected chi connectivity index (χ0v) is 43.7. The molecular formula is C57H77N9O6. The van der Waals surface area contributed by atoms with Crippen molar-refractivity contribution in [3.05, 3.63) is 77.1 Å². The number of hydrazine groups is 1. The molecule has 11 rings (SSSR count). The lowest BCUT2D eigenvalue weighted by atomic mass is 9.80. The summed E-state index contributed by atoms with van der Waals surface area (Å²) in [4.78, 5) is 59.2. The van der Waals surface area contributed by atoms with Gasteiger partial charge in [0.2, 0.25) is 5.91 Å². The number of methoxy groups -OCH3 is 1. The molecule has 2 aromatic carbocycles. The zero-order chi connectivity index (χ0) is 50.0. The number of carbonyl (C=O) groups is 3. The Hall–Kier alpha value is -5.06. The number of rotatable bonds is 8. The minimum absolute atomic E-state index is 0.0687. The van der Waals surface area contributed by atoms with E-state index >= 15 is 0 Å². The lowest BCUT2D eigenvalue weighted by Gasteiger charge is -2.43. The number of hydrogen-bond acceptors (Lipinski definition) is 12. The van der Waals surface area contributed by atoms with Gasteiger partial charge in [0.15, 0.2) is 0 Å². The van der Waals surface area contributed by atoms with Gasteiger partial charge in [0, 0.05) is 118 Å². The van der Waals surface area contributed by atoms with Crippen molar-refractivity contribution in [3.63, 3.8) is 0 Å². The van der Waals surface area contributed by atoms with Gasteiger partial charge in [-0.2, -0.15) is 0 Å². The summed E-state index contributed by atoms with van der Waals surface area (Å²) in [5.74, 6) is -0.424. The van der Waals surface area contributed by atoms with Crippen molar-refractivity contribution in [2.45, 2.75) is 141 Å². The topological polar surface area (TPSA) is 137 Å². The number of pyridine rings is 1. The van der Waals surface area contributed by atoms with E-state index in [2.05, 4.69) is 125 Å². The quantitative estimate of drug-likeness (QED) is 0.176. The number of ether oxygens (including phenoxy) is 3. The second kappa shape index (κ2) is 20.0. The highest BCUT2D eigenvalue weighted by Gasteiger charge is 2.48. The molecule has 1 saturated carbocycles. The largest absolute Gasteiger partial charge is 0.464 e. The van der Waals surface area contributed by atoms with E-state index in [1.165, 1.54) is 29.5 Å². The molecule has 0 spiro atoms. The number of piperazine rings is 1. The normalized spacial score (nSPS) is 28.8. The summed E-state index contributed by atoms with van der Waals surface area (Å²) < 4.78 is 21.3. The second-order valence-electron chi connectivity index (χ2n) is 22.9. The maximum absolute atomic E-state index is 15.0. The fourth-order valence-corrected chi connectivity index (χ4v) is 13.3. The van der Waals surface area contributed by atoms with Gasteiger partial charge in [-0.05, 0) is 99.2 Å². The minimum atomic E-state index is -0.893. The number of morpholine rings is 1. The number of carbonyl (C=O) groups excluding carboxylic acids is 3. The van der Waals surface area contributed by atoms with Gasteiger partial charge in [0.25, 0.3) is 5.91 Å². The number of anilines is 2. The number of nitrogens with one attached hydrogen (secondary N) is 2. The number of benzene rings is 2. The minimum Gasteiger partial charge on any atom is -0.464 e. The van der Waals surface area contributed by atoms with Crippen LogP contribution in [0.25, 0.3) is 22.2 Å². The van der Waals surface area contributed by atoms with Crippen LogP contribution in [-0.2, 0) is 41.6 Å². The molecule has 1 unspecified atom stereocenters. The van der Waals surface area contributed by atoms with Gasteiger partial charge in [-0.15, -0.1) is 0 Å². The van der Waals surface area contributed by atoms with Crippen molar-refractivity contribution < 1.29 is 28.6 Å². The lowest BCUT2D eigenvalue weighted by molar-refractivity contribution is -0.156. The Balaban J connectivity index is 0.962. The molecule has 15 nitrogen and oxygen atoms in total. The highest BCUT2D eigenvalue weighted by atomic mass is 16.5. The van der Waals surface area contributed by atoms with Crippen LogP contribution in [0.15, 0.2) is 54.7 Å². The summed E-state index contributed by atoms with van der Waals surface area (Å²) in [6.07, 6.45) is 7.11. The van der Waals surface area contributed by atoms with Crippen LogP contribution >= 0.6 is 0 Å². The van der Waals surface area contributed by atoms with Crippen LogP contribution < -0.4 is 20.5 Å². The molecule has 4 aromatic rings. The van der Waals surface area contributed by atoms with Gasteiger partial charge in [0.05, 0.1) is 54.7 Å². The van der Waals surface area contributed by atoms with Gasteiger partial charge in [-0.25, -0.2) is 5.43 Å². The Morgan fingerprint density at radius 2 is 1.74 bits per heavy atom. The zero-order valence-electron chi connectivity index (χ0n) is 43.7. The van der Waals surface area contributed by atoms with E-state index in [0.717, 1.165) is 91.0 Å². The van der Waals surface area contributed by atoms with E-state index in [9.17, 15) is 14.4 Å². The first-order valence-corrected chi connectivity index (χ1v) is 27.2. The summed E-state index contributed by atoms with van der Waals surface area (Å²) in [6.45, 7) is 20.9. The first-order chi connectivity index (χ1) is 34.8. The maximum Gasteiger partial charge on any atom is 0.324 e. The molecule has 15 heteroatoms. The molecular weight excluding hydrogens is 907 g/mol. The van der Waals surface area contributed by atoms with E-state index in [1.54, 1.807) is 12.1 Å². The number of hydrogen-bond donors (Lipinski definition) is 2. The molecule has 8 atom stereocenters. The third-order valence-corrected chi connectivity index (χ3v) is 17.2. The van der Waals surface area contributed by atoms with Gasteiger partial charge >= 0.3 is 5.97 Å². The Morgan fingerprint density at radius 1 is 0.944 bits per heavy atom. The van der Waals surface area contributed by atoms with Crippen molar-refractivity contribution in [2.24, 2.45) is 11.3 Å². The van der Waals surface area contributed by atoms with E-state index < -0.39 is 23.5 Å². The molecule has 7 aliphatic rings. The molecule has 8 heterocycles. The average molecular weight is 984 g/mol. The lowest BCUT2D eigenvalue weighted by Crippen LogP contribution is -2.62. The first kappa shape index (κ1) is 49.2. The van der Waals surface area contributed by atoms with Crippen LogP contribution in [-0.4, -0.2) is 145 Å². The van der Waals surface area contributed by atoms with Crippen LogP contribution in [0.2, 0.25) is 0 Å². The molecule has 0 radical (unpaired) electrons. The van der Waals surface area contributed by atoms with Crippen LogP contribution in [0.1, 0.15) is 121 Å². The smallest absolute Gasteiger partial charge is 0.324 e. The molecule has 2 amide bonds. The number of aryl methyl sites for hydroxylation is 1. The van der Waals surface area contributed by atoms with Crippen molar-refractivity contribution in [1.82, 2.24) is 35.1 Å². The number of cyclic esters (lactones) is 1. The predicted molar refractivity (Wildman–Crippen MR) is 280 cm³/mol. The van der Waals surface area contributed by atoms with Gasteiger partial charge in [-0.3, -0.25) is 34.2 Å². The van der Waals surface area contributed by atoms with Gasteiger partial charge < -0.3 is 33.9 Å². The van der Waals surface area contributed by atoms with Crippen LogP contribution in [0, 0.1) is 11.3 Å². The number of aromatic nitrogens is 2. The summed E-state index contributed by atoms with van der Waals surface area (Å²) in [5, 5.41) is 6.03. The maximum atomic E-state index is 15.0. The molecule has 6 aliphatic heterocycles. The molecule has 4 saturated heterocycles. The number of nitrogens with zero attached hydrogens (tertiary/aromatic N) is 7. The van der Waals surface area contributed by atoms with Gasteiger partial charge in [-0.1, -0.05) is 52.0 Å². The summed E-state index contributed by atoms with van der Waals surface area (Å²) in [6, 6.07) is 16.6. The first-order valence-electron chi connectivity index (χ1n) is 27.2. The molecule has 386 valence electrons. The summed E-state index contributed by atoms with van der Waals surface area (Å²) >= 11 is 0. The number of amides is 2. The van der Waals surface area contributed by atoms with Crippen LogP contribution in [0.3, 0.4) is 0 Å². The fourth-order valence-electron chi connectivity index (χ4n) is 13.3. The van der Waals surface area contributed by atoms with Crippen molar-refractivity contribution in [3.8, 4) is 11.3 Å². The molecule has 1 aliphatic carbocycles. The van der Waals surface area contributed by atoms with Crippen molar-refractivity contribution in [2.75, 3.05) is 82.5 Å². The summed E-state index contributed by atoms with van der Waals surface area (Å²) in [7, 11) is 1.75. The Kier molecular flexibility index (Phi) is 13.7. The highest BCUT2D eigenvalue weighted by Crippen LogP contribution is 2.48. The van der Waals surface area contributed by atoms with Crippen LogP contribution in [0.4, 0.5) is 11.4 Å². The highest BCUT2D eigenvalue weighted by molar-refractivity contribution is 5.95. The standard InChI is InChI=1S/C57H77N9O6/c1-8-64-49-18-17-39-27-44(49)46(53(64)45-28-40(31-58-51(45)37(4)70-7)62-22-20-61(21-23-62)38-15-16-38)30-57(5,6)34-72-56(69)47-14-11-19-66(60-47)55(68)48(29-41-33-63(39)24-25-71-41)59-54(67)52-36(3)42-12-9-10-13-43(42)50-26-35(2)32-65(50)52/h9-10,12-13,17-18,27-28,31,35-38,41,47-48,50,52,60H,8,11,14-16,19-26,29-30,32-34H2,1-7H3,(H,59,67)/t35-,36?,37+,41+,47+,48+,50-,52+/m1/s1. The summed E-state index contributed by atoms with van der Waals surface area (Å²) in [5.41, 5.74) is 12.9. The third-order valence-electron chi connectivity index (χ3n) is 17.2. The molecule has 5 fully saturated rings. The SMILES string of the molecule is CCn1c(-c2cc(N3CCN(C4CC4)CC3)cnc2[C@H](C)OC)c2c3cc(ccc31)N1CCO[C@@H](C[C@H](NC(=O)[C@@H]3C(C)c4ccccc4[C@H]4C[C@@H](C)CN43)C(=O)N3CCC[C@H](N3)C(=O)OCC(C)(C)C2)C1.